The van der Waals surface area contributed by atoms with Crippen LogP contribution in [0.1, 0.15) is 29.7 Å². The molecule has 2 aromatic rings. The second-order valence-corrected chi connectivity index (χ2v) is 8.25. The van der Waals surface area contributed by atoms with Crippen LogP contribution in [-0.2, 0) is 17.3 Å². The lowest BCUT2D eigenvalue weighted by Gasteiger charge is -2.25. The minimum absolute atomic E-state index is 0.0808. The number of hydrogen-bond donors (Lipinski definition) is 2. The second kappa shape index (κ2) is 11.1. The van der Waals surface area contributed by atoms with E-state index in [1.807, 2.05) is 31.0 Å². The molecular formula is C22H29F3N10O. The van der Waals surface area contributed by atoms with Crippen LogP contribution in [0.5, 0.6) is 0 Å². The lowest BCUT2D eigenvalue weighted by atomic mass is 10.2. The predicted octanol–water partition coefficient (Wildman–Crippen LogP) is 1.17. The maximum Gasteiger partial charge on any atom is 0.435 e. The van der Waals surface area contributed by atoms with E-state index in [-0.39, 0.29) is 31.0 Å². The fraction of sp³-hybridized carbons (Fsp3) is 0.500. The summed E-state index contributed by atoms with van der Waals surface area (Å²) in [6, 6.07) is 3.89. The molecule has 11 nitrogen and oxygen atoms in total. The summed E-state index contributed by atoms with van der Waals surface area (Å²) in [5.41, 5.74) is 3.98. The Morgan fingerprint density at radius 2 is 2.03 bits per heavy atom. The van der Waals surface area contributed by atoms with Crippen molar-refractivity contribution in [3.63, 3.8) is 0 Å². The molecule has 1 saturated heterocycles. The molecule has 4 rings (SSSR count). The average Bonchev–Trinajstić information content (AvgIpc) is 3.48. The van der Waals surface area contributed by atoms with Crippen LogP contribution < -0.4 is 10.7 Å². The van der Waals surface area contributed by atoms with Gasteiger partial charge in [0.1, 0.15) is 12.0 Å². The van der Waals surface area contributed by atoms with Gasteiger partial charge in [-0.15, -0.1) is 0 Å². The molecule has 14 heteroatoms. The number of aromatic nitrogens is 3. The van der Waals surface area contributed by atoms with E-state index in [1.54, 1.807) is 11.2 Å². The number of aryl methyl sites for hydroxylation is 1. The third-order valence-corrected chi connectivity index (χ3v) is 5.83. The van der Waals surface area contributed by atoms with Gasteiger partial charge in [0.15, 0.2) is 17.4 Å². The summed E-state index contributed by atoms with van der Waals surface area (Å²) >= 11 is 0. The standard InChI is InChI=1S/C22H29F3N10O/c1-4-16-6-5-15(11-27-16)19-31-18(33(3)32-19)13-28-20(30-14-34-7-9-36-10-8-34)21-29-12-17(22(23,24)25)35(21)26-2/h5-6,11-12,18H,2,4,7-10,13-14H2,1,3H3,(H,28,30)(H,31,32). The minimum Gasteiger partial charge on any atom is -0.379 e. The van der Waals surface area contributed by atoms with Crippen LogP contribution in [0.15, 0.2) is 39.6 Å². The number of imidazole rings is 1. The zero-order chi connectivity index (χ0) is 25.7. The van der Waals surface area contributed by atoms with Crippen LogP contribution >= 0.6 is 0 Å². The first-order chi connectivity index (χ1) is 17.3. The third kappa shape index (κ3) is 5.88. The first-order valence-corrected chi connectivity index (χ1v) is 11.5. The highest BCUT2D eigenvalue weighted by Crippen LogP contribution is 2.30. The topological polar surface area (TPSA) is 108 Å². The summed E-state index contributed by atoms with van der Waals surface area (Å²) in [6.45, 7) is 8.33. The van der Waals surface area contributed by atoms with Crippen LogP contribution in [0.4, 0.5) is 13.2 Å². The second-order valence-electron chi connectivity index (χ2n) is 8.25. The van der Waals surface area contributed by atoms with Gasteiger partial charge in [-0.25, -0.2) is 19.6 Å². The maximum atomic E-state index is 13.5. The Kier molecular flexibility index (Phi) is 7.96. The van der Waals surface area contributed by atoms with Crippen LogP contribution in [-0.4, -0.2) is 95.7 Å². The first-order valence-electron chi connectivity index (χ1n) is 11.5. The highest BCUT2D eigenvalue weighted by atomic mass is 19.4. The summed E-state index contributed by atoms with van der Waals surface area (Å²) in [5, 5.41) is 8.47. The van der Waals surface area contributed by atoms with E-state index in [0.29, 0.717) is 36.8 Å². The molecule has 0 aromatic carbocycles. The highest BCUT2D eigenvalue weighted by molar-refractivity contribution is 5.99. The number of hydrazine groups is 1. The van der Waals surface area contributed by atoms with Crippen molar-refractivity contribution in [2.75, 3.05) is 46.6 Å². The number of pyridine rings is 1. The molecule has 0 aliphatic carbocycles. The predicted molar refractivity (Wildman–Crippen MR) is 129 cm³/mol. The third-order valence-electron chi connectivity index (χ3n) is 5.83. The molecule has 1 unspecified atom stereocenters. The SMILES string of the molecule is C=Nn1c(C(F)(F)F)cnc1C(=NCN1CCOCC1)NCC1N=C(c2ccc(CC)nc2)NN1C. The number of rotatable bonds is 8. The number of halogens is 3. The Bertz CT molecular complexity index is 1110. The van der Waals surface area contributed by atoms with E-state index in [4.69, 9.17) is 9.73 Å². The molecule has 36 heavy (non-hydrogen) atoms. The van der Waals surface area contributed by atoms with Crippen LogP contribution in [0.3, 0.4) is 0 Å². The lowest BCUT2D eigenvalue weighted by molar-refractivity contribution is -0.143. The number of morpholine rings is 1. The zero-order valence-corrected chi connectivity index (χ0v) is 20.2. The number of nitrogens with zero attached hydrogens (tertiary/aromatic N) is 8. The van der Waals surface area contributed by atoms with Gasteiger partial charge >= 0.3 is 6.18 Å². The quantitative estimate of drug-likeness (QED) is 0.409. The van der Waals surface area contributed by atoms with Crippen molar-refractivity contribution < 1.29 is 17.9 Å². The average molecular weight is 507 g/mol. The molecule has 0 saturated carbocycles. The fourth-order valence-corrected chi connectivity index (χ4v) is 3.75. The molecule has 2 aliphatic rings. The van der Waals surface area contributed by atoms with Gasteiger partial charge in [-0.05, 0) is 18.6 Å². The molecule has 2 aromatic heterocycles. The minimum atomic E-state index is -4.64. The van der Waals surface area contributed by atoms with Gasteiger partial charge in [-0.2, -0.15) is 23.3 Å². The van der Waals surface area contributed by atoms with Gasteiger partial charge < -0.3 is 15.5 Å². The van der Waals surface area contributed by atoms with Crippen LogP contribution in [0.25, 0.3) is 0 Å². The van der Waals surface area contributed by atoms with E-state index in [9.17, 15) is 13.2 Å². The van der Waals surface area contributed by atoms with E-state index in [2.05, 4.69) is 37.5 Å². The summed E-state index contributed by atoms with van der Waals surface area (Å²) in [7, 11) is 1.83. The Morgan fingerprint density at radius 3 is 2.67 bits per heavy atom. The molecule has 2 aliphatic heterocycles. The first kappa shape index (κ1) is 25.7. The highest BCUT2D eigenvalue weighted by Gasteiger charge is 2.37. The van der Waals surface area contributed by atoms with Crippen molar-refractivity contribution in [2.24, 2.45) is 15.1 Å². The monoisotopic (exact) mass is 506 g/mol. The van der Waals surface area contributed by atoms with Gasteiger partial charge in [0, 0.05) is 44.3 Å². The maximum absolute atomic E-state index is 13.5. The number of likely N-dealkylation sites (N-methyl/N-ethyl adjacent to an activating group) is 1. The van der Waals surface area contributed by atoms with Crippen LogP contribution in [0, 0.1) is 0 Å². The Labute approximate surface area is 206 Å². The molecule has 1 atom stereocenters. The van der Waals surface area contributed by atoms with Crippen molar-refractivity contribution in [3.8, 4) is 0 Å². The number of nitrogens with one attached hydrogen (secondary N) is 2. The molecular weight excluding hydrogens is 477 g/mol. The zero-order valence-electron chi connectivity index (χ0n) is 20.2. The van der Waals surface area contributed by atoms with Crippen molar-refractivity contribution >= 4 is 18.4 Å². The van der Waals surface area contributed by atoms with E-state index in [0.717, 1.165) is 23.9 Å². The normalized spacial score (nSPS) is 19.8. The smallest absolute Gasteiger partial charge is 0.379 e. The van der Waals surface area contributed by atoms with Crippen LogP contribution in [0.2, 0.25) is 0 Å². The van der Waals surface area contributed by atoms with E-state index < -0.39 is 11.9 Å². The van der Waals surface area contributed by atoms with Gasteiger partial charge in [-0.3, -0.25) is 9.88 Å². The molecule has 2 N–H and O–H groups in total. The van der Waals surface area contributed by atoms with Gasteiger partial charge in [0.2, 0.25) is 0 Å². The van der Waals surface area contributed by atoms with Crippen molar-refractivity contribution in [1.29, 1.82) is 0 Å². The van der Waals surface area contributed by atoms with Crippen molar-refractivity contribution in [1.82, 2.24) is 35.3 Å². The van der Waals surface area contributed by atoms with Gasteiger partial charge in [-0.1, -0.05) is 6.92 Å². The number of ether oxygens (including phenoxy) is 1. The summed E-state index contributed by atoms with van der Waals surface area (Å²) in [4.78, 5) is 19.7. The summed E-state index contributed by atoms with van der Waals surface area (Å²) in [5.74, 6) is 0.734. The van der Waals surface area contributed by atoms with Crippen molar-refractivity contribution in [3.05, 3.63) is 47.3 Å². The molecule has 0 radical (unpaired) electrons. The molecule has 0 spiro atoms. The molecule has 1 fully saturated rings. The lowest BCUT2D eigenvalue weighted by Crippen LogP contribution is -2.44. The van der Waals surface area contributed by atoms with Crippen molar-refractivity contribution in [2.45, 2.75) is 25.7 Å². The number of hydrogen-bond acceptors (Lipinski definition) is 9. The Balaban J connectivity index is 1.55. The molecule has 194 valence electrons. The van der Waals surface area contributed by atoms with E-state index >= 15 is 0 Å². The molecule has 0 amide bonds. The number of alkyl halides is 3. The number of amidine groups is 2. The summed E-state index contributed by atoms with van der Waals surface area (Å²) < 4.78 is 46.4. The summed E-state index contributed by atoms with van der Waals surface area (Å²) in [6.07, 6.45) is -1.68. The number of aliphatic imine (C=N–C) groups is 2. The molecule has 0 bridgehead atoms. The van der Waals surface area contributed by atoms with E-state index in [1.165, 1.54) is 0 Å². The largest absolute Gasteiger partial charge is 0.435 e. The van der Waals surface area contributed by atoms with Gasteiger partial charge in [0.25, 0.3) is 0 Å². The Hall–Kier alpha value is -3.36. The van der Waals surface area contributed by atoms with Gasteiger partial charge in [0.05, 0.1) is 32.6 Å². The fourth-order valence-electron chi connectivity index (χ4n) is 3.75. The Morgan fingerprint density at radius 1 is 1.25 bits per heavy atom. The molecule has 4 heterocycles.